The van der Waals surface area contributed by atoms with E-state index in [4.69, 9.17) is 5.11 Å². The molecule has 0 unspecified atom stereocenters. The van der Waals surface area contributed by atoms with E-state index in [2.05, 4.69) is 0 Å². The summed E-state index contributed by atoms with van der Waals surface area (Å²) in [7, 11) is 0. The van der Waals surface area contributed by atoms with E-state index in [0.29, 0.717) is 7.14 Å². The van der Waals surface area contributed by atoms with Gasteiger partial charge in [0.05, 0.1) is 5.56 Å². The van der Waals surface area contributed by atoms with Crippen molar-refractivity contribution in [2.75, 3.05) is 0 Å². The predicted molar refractivity (Wildman–Crippen MR) is 58.3 cm³/mol. The number of benzene rings is 1. The molecule has 0 saturated heterocycles. The third-order valence-electron chi connectivity index (χ3n) is 1.27. The fraction of sp³-hybridized carbons (Fsp3) is 0. The van der Waals surface area contributed by atoms with Crippen LogP contribution in [0.4, 0.5) is 0 Å². The molecule has 0 amide bonds. The highest BCUT2D eigenvalue weighted by molar-refractivity contribution is 14.1. The lowest BCUT2D eigenvalue weighted by molar-refractivity contribution is -0.270. The highest BCUT2D eigenvalue weighted by Gasteiger charge is 2.09. The summed E-state index contributed by atoms with van der Waals surface area (Å²) in [6, 6.07) is 3.23. The van der Waals surface area contributed by atoms with Crippen molar-refractivity contribution in [3.05, 3.63) is 24.8 Å². The second-order valence-electron chi connectivity index (χ2n) is 2.04. The molecule has 0 fully saturated rings. The number of hydrogen-bond donors (Lipinski definition) is 1. The zero-order valence-electron chi connectivity index (χ0n) is 5.67. The SMILES string of the molecule is O=C(O)c1c(I)ccc(I)c1[O-]. The Labute approximate surface area is 96.1 Å². The van der Waals surface area contributed by atoms with Gasteiger partial charge in [-0.1, -0.05) is 5.75 Å². The molecule has 0 aliphatic heterocycles. The third kappa shape index (κ3) is 1.82. The summed E-state index contributed by atoms with van der Waals surface area (Å²) in [5.74, 6) is -1.57. The summed E-state index contributed by atoms with van der Waals surface area (Å²) >= 11 is 3.65. The fourth-order valence-corrected chi connectivity index (χ4v) is 1.84. The molecule has 1 aromatic rings. The maximum atomic E-state index is 11.2. The molecule has 0 atom stereocenters. The van der Waals surface area contributed by atoms with Gasteiger partial charge in [-0.05, 0) is 57.3 Å². The Balaban J connectivity index is 3.43. The lowest BCUT2D eigenvalue weighted by atomic mass is 10.2. The zero-order valence-corrected chi connectivity index (χ0v) is 9.99. The van der Waals surface area contributed by atoms with Gasteiger partial charge >= 0.3 is 5.97 Å². The smallest absolute Gasteiger partial charge is 0.336 e. The molecular weight excluding hydrogens is 386 g/mol. The molecule has 0 aliphatic rings. The maximum Gasteiger partial charge on any atom is 0.336 e. The van der Waals surface area contributed by atoms with E-state index in [9.17, 15) is 9.90 Å². The molecule has 0 bridgehead atoms. The molecule has 5 heteroatoms. The van der Waals surface area contributed by atoms with Crippen molar-refractivity contribution in [3.8, 4) is 5.75 Å². The van der Waals surface area contributed by atoms with E-state index in [1.165, 1.54) is 0 Å². The first-order chi connectivity index (χ1) is 5.54. The summed E-state index contributed by atoms with van der Waals surface area (Å²) in [4.78, 5) is 10.6. The summed E-state index contributed by atoms with van der Waals surface area (Å²) in [6.07, 6.45) is 0. The molecule has 3 nitrogen and oxygen atoms in total. The van der Waals surface area contributed by atoms with Crippen molar-refractivity contribution < 1.29 is 15.0 Å². The quantitative estimate of drug-likeness (QED) is 0.744. The van der Waals surface area contributed by atoms with Gasteiger partial charge in [-0.25, -0.2) is 4.79 Å². The second-order valence-corrected chi connectivity index (χ2v) is 4.36. The average molecular weight is 389 g/mol. The lowest BCUT2D eigenvalue weighted by Gasteiger charge is -2.13. The van der Waals surface area contributed by atoms with Gasteiger partial charge in [0.2, 0.25) is 0 Å². The van der Waals surface area contributed by atoms with Crippen LogP contribution in [0.5, 0.6) is 5.75 Å². The number of halogens is 2. The molecule has 0 heterocycles. The van der Waals surface area contributed by atoms with Crippen LogP contribution in [0.2, 0.25) is 0 Å². The van der Waals surface area contributed by atoms with Crippen LogP contribution in [0, 0.1) is 7.14 Å². The molecule has 1 rings (SSSR count). The van der Waals surface area contributed by atoms with E-state index in [0.717, 1.165) is 0 Å². The van der Waals surface area contributed by atoms with Crippen LogP contribution in [0.3, 0.4) is 0 Å². The van der Waals surface area contributed by atoms with E-state index in [1.54, 1.807) is 12.1 Å². The largest absolute Gasteiger partial charge is 0.871 e. The molecular formula is C7H3I2O3-. The number of hydrogen-bond acceptors (Lipinski definition) is 2. The summed E-state index contributed by atoms with van der Waals surface area (Å²) in [5, 5.41) is 19.9. The summed E-state index contributed by atoms with van der Waals surface area (Å²) < 4.78 is 0.913. The Morgan fingerprint density at radius 2 is 1.83 bits per heavy atom. The van der Waals surface area contributed by atoms with Crippen molar-refractivity contribution >= 4 is 51.2 Å². The lowest BCUT2D eigenvalue weighted by Crippen LogP contribution is -2.07. The number of carbonyl (C=O) groups is 1. The molecule has 64 valence electrons. The Kier molecular flexibility index (Phi) is 3.16. The topological polar surface area (TPSA) is 60.4 Å². The van der Waals surface area contributed by atoms with Crippen LogP contribution in [-0.4, -0.2) is 11.1 Å². The van der Waals surface area contributed by atoms with Crippen LogP contribution in [-0.2, 0) is 0 Å². The predicted octanol–water partition coefficient (Wildman–Crippen LogP) is 1.67. The molecule has 0 saturated carbocycles. The van der Waals surface area contributed by atoms with Crippen molar-refractivity contribution in [1.82, 2.24) is 0 Å². The minimum atomic E-state index is -1.16. The second kappa shape index (κ2) is 3.77. The Morgan fingerprint density at radius 3 is 2.25 bits per heavy atom. The van der Waals surface area contributed by atoms with Crippen LogP contribution in [0.25, 0.3) is 0 Å². The first-order valence-electron chi connectivity index (χ1n) is 2.92. The summed E-state index contributed by atoms with van der Waals surface area (Å²) in [6.45, 7) is 0. The molecule has 0 aliphatic carbocycles. The minimum absolute atomic E-state index is 0.137. The van der Waals surface area contributed by atoms with Gasteiger partial charge in [0, 0.05) is 7.14 Å². The van der Waals surface area contributed by atoms with E-state index in [1.807, 2.05) is 45.2 Å². The van der Waals surface area contributed by atoms with E-state index >= 15 is 0 Å². The van der Waals surface area contributed by atoms with E-state index < -0.39 is 11.7 Å². The fourth-order valence-electron chi connectivity index (χ4n) is 0.732. The average Bonchev–Trinajstić information content (AvgIpc) is 1.97. The Hall–Kier alpha value is -0.0500. The Bertz CT molecular complexity index is 336. The number of carboxylic acids is 1. The number of carboxylic acid groups (broad SMARTS) is 1. The molecule has 0 aromatic heterocycles. The van der Waals surface area contributed by atoms with Gasteiger partial charge in [-0.2, -0.15) is 0 Å². The van der Waals surface area contributed by atoms with Crippen LogP contribution in [0.1, 0.15) is 10.4 Å². The third-order valence-corrected chi connectivity index (χ3v) is 3.02. The first kappa shape index (κ1) is 10.0. The highest BCUT2D eigenvalue weighted by atomic mass is 127. The standard InChI is InChI=1S/C7H4I2O3/c8-3-1-2-4(9)6(10)5(3)7(11)12/h1-2,10H,(H,11,12)/p-1. The molecule has 0 radical (unpaired) electrons. The van der Waals surface area contributed by atoms with Gasteiger partial charge in [0.25, 0.3) is 0 Å². The van der Waals surface area contributed by atoms with Crippen molar-refractivity contribution in [3.63, 3.8) is 0 Å². The molecule has 0 spiro atoms. The number of aromatic carboxylic acids is 1. The van der Waals surface area contributed by atoms with Gasteiger partial charge in [-0.3, -0.25) is 0 Å². The number of rotatable bonds is 1. The van der Waals surface area contributed by atoms with E-state index in [-0.39, 0.29) is 5.56 Å². The van der Waals surface area contributed by atoms with Crippen LogP contribution < -0.4 is 5.11 Å². The Morgan fingerprint density at radius 1 is 1.33 bits per heavy atom. The van der Waals surface area contributed by atoms with Crippen LogP contribution >= 0.6 is 45.2 Å². The monoisotopic (exact) mass is 389 g/mol. The van der Waals surface area contributed by atoms with Crippen molar-refractivity contribution in [1.29, 1.82) is 0 Å². The maximum absolute atomic E-state index is 11.2. The van der Waals surface area contributed by atoms with Gasteiger partial charge in [0.1, 0.15) is 0 Å². The van der Waals surface area contributed by atoms with Gasteiger partial charge in [-0.15, -0.1) is 0 Å². The summed E-state index contributed by atoms with van der Waals surface area (Å²) in [5.41, 5.74) is -0.137. The zero-order chi connectivity index (χ0) is 9.30. The van der Waals surface area contributed by atoms with Gasteiger partial charge < -0.3 is 10.2 Å². The minimum Gasteiger partial charge on any atom is -0.871 e. The van der Waals surface area contributed by atoms with Crippen molar-refractivity contribution in [2.24, 2.45) is 0 Å². The van der Waals surface area contributed by atoms with Crippen LogP contribution in [0.15, 0.2) is 12.1 Å². The highest BCUT2D eigenvalue weighted by Crippen LogP contribution is 2.25. The molecule has 1 N–H and O–H groups in total. The first-order valence-corrected chi connectivity index (χ1v) is 5.08. The molecule has 12 heavy (non-hydrogen) atoms. The van der Waals surface area contributed by atoms with Gasteiger partial charge in [0.15, 0.2) is 0 Å². The van der Waals surface area contributed by atoms with Crippen molar-refractivity contribution in [2.45, 2.75) is 0 Å². The normalized spacial score (nSPS) is 9.83. The molecule has 1 aromatic carbocycles.